The second-order valence-electron chi connectivity index (χ2n) is 6.97. The van der Waals surface area contributed by atoms with E-state index < -0.39 is 27.0 Å². The van der Waals surface area contributed by atoms with Gasteiger partial charge >= 0.3 is 0 Å². The largest absolute Gasteiger partial charge is 0.497 e. The van der Waals surface area contributed by atoms with E-state index in [0.29, 0.717) is 25.3 Å². The molecule has 9 heteroatoms. The van der Waals surface area contributed by atoms with E-state index in [0.717, 1.165) is 10.0 Å². The maximum Gasteiger partial charge on any atom is 0.246 e. The zero-order chi connectivity index (χ0) is 21.0. The minimum absolute atomic E-state index is 0.108. The lowest BCUT2D eigenvalue weighted by Gasteiger charge is -2.38. The smallest absolute Gasteiger partial charge is 0.246 e. The van der Waals surface area contributed by atoms with Gasteiger partial charge in [-0.05, 0) is 54.8 Å². The molecule has 1 heterocycles. The Kier molecular flexibility index (Phi) is 6.94. The summed E-state index contributed by atoms with van der Waals surface area (Å²) in [5.74, 6) is -0.556. The number of nitrogens with zero attached hydrogens (tertiary/aromatic N) is 1. The fraction of sp³-hybridized carbons (Fsp3) is 0.350. The van der Waals surface area contributed by atoms with Gasteiger partial charge in [-0.25, -0.2) is 13.9 Å². The molecule has 7 nitrogen and oxygen atoms in total. The summed E-state index contributed by atoms with van der Waals surface area (Å²) in [6.45, 7) is 0.870. The fourth-order valence-electron chi connectivity index (χ4n) is 3.56. The first-order chi connectivity index (χ1) is 13.8. The Bertz CT molecular complexity index is 948. The Morgan fingerprint density at radius 3 is 2.45 bits per heavy atom. The van der Waals surface area contributed by atoms with Crippen molar-refractivity contribution in [3.63, 3.8) is 0 Å². The van der Waals surface area contributed by atoms with Crippen molar-refractivity contribution in [3.8, 4) is 5.75 Å². The lowest BCUT2D eigenvalue weighted by molar-refractivity contribution is -0.135. The van der Waals surface area contributed by atoms with Crippen molar-refractivity contribution in [1.82, 2.24) is 10.4 Å². The topological polar surface area (TPSA) is 95.9 Å². The number of sulfone groups is 1. The van der Waals surface area contributed by atoms with Crippen molar-refractivity contribution in [3.05, 3.63) is 58.6 Å². The molecule has 0 bridgehead atoms. The van der Waals surface area contributed by atoms with Gasteiger partial charge in [0.05, 0.1) is 12.0 Å². The highest BCUT2D eigenvalue weighted by molar-refractivity contribution is 9.10. The number of piperidine rings is 1. The van der Waals surface area contributed by atoms with Gasteiger partial charge in [0, 0.05) is 23.5 Å². The maximum atomic E-state index is 13.4. The average Bonchev–Trinajstić information content (AvgIpc) is 2.75. The van der Waals surface area contributed by atoms with Gasteiger partial charge in [0.2, 0.25) is 5.91 Å². The maximum absolute atomic E-state index is 13.4. The Hall–Kier alpha value is -1.94. The zero-order valence-corrected chi connectivity index (χ0v) is 18.3. The van der Waals surface area contributed by atoms with Crippen LogP contribution in [0.4, 0.5) is 0 Å². The summed E-state index contributed by atoms with van der Waals surface area (Å²) in [6.07, 6.45) is 0.578. The summed E-state index contributed by atoms with van der Waals surface area (Å²) in [7, 11) is -2.22. The van der Waals surface area contributed by atoms with Crippen LogP contribution in [0.5, 0.6) is 5.75 Å². The van der Waals surface area contributed by atoms with Crippen LogP contribution < -0.4 is 10.2 Å². The van der Waals surface area contributed by atoms with Crippen LogP contribution in [0.1, 0.15) is 18.4 Å². The number of nitrogens with one attached hydrogen (secondary N) is 1. The summed E-state index contributed by atoms with van der Waals surface area (Å²) in [4.78, 5) is 14.0. The Morgan fingerprint density at radius 1 is 1.21 bits per heavy atom. The number of carbonyl (C=O) groups is 1. The third kappa shape index (κ3) is 4.98. The fourth-order valence-corrected chi connectivity index (χ4v) is 5.71. The lowest BCUT2D eigenvalue weighted by Crippen LogP contribution is -2.49. The van der Waals surface area contributed by atoms with Crippen LogP contribution in [0.25, 0.3) is 0 Å². The van der Waals surface area contributed by atoms with Crippen LogP contribution in [0.2, 0.25) is 0 Å². The van der Waals surface area contributed by atoms with E-state index in [1.165, 1.54) is 19.2 Å². The SMILES string of the molecule is COc1ccc(S(=O)(=O)C2CC(C(=O)NO)CCN2Cc2ccc(Br)cc2)cc1. The molecule has 0 spiro atoms. The first-order valence-corrected chi connectivity index (χ1v) is 11.5. The number of benzene rings is 2. The zero-order valence-electron chi connectivity index (χ0n) is 15.9. The average molecular weight is 483 g/mol. The van der Waals surface area contributed by atoms with Crippen LogP contribution in [0, 0.1) is 5.92 Å². The van der Waals surface area contributed by atoms with Crippen LogP contribution in [-0.4, -0.2) is 43.5 Å². The molecule has 1 amide bonds. The second-order valence-corrected chi connectivity index (χ2v) is 9.99. The van der Waals surface area contributed by atoms with Gasteiger partial charge in [-0.3, -0.25) is 14.9 Å². The number of amides is 1. The molecule has 2 aromatic carbocycles. The van der Waals surface area contributed by atoms with E-state index in [1.807, 2.05) is 29.2 Å². The molecule has 1 saturated heterocycles. The van der Waals surface area contributed by atoms with Gasteiger partial charge in [-0.15, -0.1) is 0 Å². The Balaban J connectivity index is 1.91. The Labute approximate surface area is 178 Å². The van der Waals surface area contributed by atoms with Crippen molar-refractivity contribution in [2.24, 2.45) is 5.92 Å². The molecule has 3 rings (SSSR count). The molecule has 156 valence electrons. The third-order valence-corrected chi connectivity index (χ3v) is 7.85. The number of ether oxygens (including phenoxy) is 1. The normalized spacial score (nSPS) is 20.2. The number of methoxy groups -OCH3 is 1. The van der Waals surface area contributed by atoms with Gasteiger partial charge in [0.15, 0.2) is 9.84 Å². The van der Waals surface area contributed by atoms with E-state index in [9.17, 15) is 13.2 Å². The second kappa shape index (κ2) is 9.25. The van der Waals surface area contributed by atoms with E-state index in [1.54, 1.807) is 17.6 Å². The summed E-state index contributed by atoms with van der Waals surface area (Å²) < 4.78 is 32.9. The summed E-state index contributed by atoms with van der Waals surface area (Å²) >= 11 is 3.40. The molecule has 0 saturated carbocycles. The van der Waals surface area contributed by atoms with Crippen LogP contribution >= 0.6 is 15.9 Å². The predicted molar refractivity (Wildman–Crippen MR) is 111 cm³/mol. The first-order valence-electron chi connectivity index (χ1n) is 9.15. The molecule has 29 heavy (non-hydrogen) atoms. The van der Waals surface area contributed by atoms with E-state index in [4.69, 9.17) is 9.94 Å². The van der Waals surface area contributed by atoms with Gasteiger partial charge in [0.25, 0.3) is 0 Å². The molecule has 0 aromatic heterocycles. The van der Waals surface area contributed by atoms with Crippen molar-refractivity contribution in [1.29, 1.82) is 0 Å². The number of halogens is 1. The van der Waals surface area contributed by atoms with Crippen molar-refractivity contribution >= 4 is 31.7 Å². The van der Waals surface area contributed by atoms with Crippen molar-refractivity contribution < 1.29 is 23.2 Å². The number of hydrogen-bond donors (Lipinski definition) is 2. The molecule has 1 aliphatic rings. The number of hydroxylamine groups is 1. The van der Waals surface area contributed by atoms with Crippen LogP contribution in [0.15, 0.2) is 57.9 Å². The standard InChI is InChI=1S/C20H23BrN2O5S/c1-28-17-6-8-18(9-7-17)29(26,27)19-12-15(20(24)22-25)10-11-23(19)13-14-2-4-16(21)5-3-14/h2-9,15,19,25H,10-13H2,1H3,(H,22,24). The van der Waals surface area contributed by atoms with Crippen LogP contribution in [-0.2, 0) is 21.2 Å². The van der Waals surface area contributed by atoms with Crippen LogP contribution in [0.3, 0.4) is 0 Å². The van der Waals surface area contributed by atoms with Crippen molar-refractivity contribution in [2.45, 2.75) is 29.7 Å². The molecule has 2 N–H and O–H groups in total. The Morgan fingerprint density at radius 2 is 1.86 bits per heavy atom. The molecule has 0 aliphatic carbocycles. The number of rotatable bonds is 6. The van der Waals surface area contributed by atoms with E-state index in [-0.39, 0.29) is 11.3 Å². The minimum Gasteiger partial charge on any atom is -0.497 e. The van der Waals surface area contributed by atoms with Crippen molar-refractivity contribution in [2.75, 3.05) is 13.7 Å². The van der Waals surface area contributed by atoms with E-state index in [2.05, 4.69) is 15.9 Å². The molecule has 1 aliphatic heterocycles. The molecule has 0 radical (unpaired) electrons. The molecular formula is C20H23BrN2O5S. The monoisotopic (exact) mass is 482 g/mol. The van der Waals surface area contributed by atoms with Gasteiger partial charge in [-0.2, -0.15) is 0 Å². The van der Waals surface area contributed by atoms with Gasteiger partial charge in [-0.1, -0.05) is 28.1 Å². The number of hydrogen-bond acceptors (Lipinski definition) is 6. The summed E-state index contributed by atoms with van der Waals surface area (Å²) in [6, 6.07) is 13.9. The molecule has 2 aromatic rings. The highest BCUT2D eigenvalue weighted by Crippen LogP contribution is 2.32. The molecule has 1 fully saturated rings. The lowest BCUT2D eigenvalue weighted by atomic mass is 9.95. The molecule has 2 atom stereocenters. The highest BCUT2D eigenvalue weighted by Gasteiger charge is 2.40. The minimum atomic E-state index is -3.74. The highest BCUT2D eigenvalue weighted by atomic mass is 79.9. The molecule has 2 unspecified atom stereocenters. The third-order valence-electron chi connectivity index (χ3n) is 5.18. The predicted octanol–water partition coefficient (Wildman–Crippen LogP) is 2.98. The number of carbonyl (C=O) groups excluding carboxylic acids is 1. The van der Waals surface area contributed by atoms with E-state index >= 15 is 0 Å². The van der Waals surface area contributed by atoms with Gasteiger partial charge in [0.1, 0.15) is 11.1 Å². The molecular weight excluding hydrogens is 460 g/mol. The summed E-state index contributed by atoms with van der Waals surface area (Å²) in [5.41, 5.74) is 2.64. The number of likely N-dealkylation sites (tertiary alicyclic amines) is 1. The first kappa shape index (κ1) is 21.8. The quantitative estimate of drug-likeness (QED) is 0.485. The summed E-state index contributed by atoms with van der Waals surface area (Å²) in [5, 5.41) is 8.12. The van der Waals surface area contributed by atoms with Gasteiger partial charge < -0.3 is 4.74 Å².